The summed E-state index contributed by atoms with van der Waals surface area (Å²) in [6.07, 6.45) is 0. The van der Waals surface area contributed by atoms with Crippen molar-refractivity contribution in [2.75, 3.05) is 7.05 Å². The third-order valence-electron chi connectivity index (χ3n) is 5.07. The summed E-state index contributed by atoms with van der Waals surface area (Å²) in [4.78, 5) is 13.0. The Morgan fingerprint density at radius 1 is 1.22 bits per heavy atom. The highest BCUT2D eigenvalue weighted by Crippen LogP contribution is 2.33. The summed E-state index contributed by atoms with van der Waals surface area (Å²) in [5.74, 6) is -0.924. The van der Waals surface area contributed by atoms with Gasteiger partial charge in [-0.1, -0.05) is 35.0 Å². The van der Waals surface area contributed by atoms with Gasteiger partial charge in [-0.2, -0.15) is 4.31 Å². The molecule has 3 aromatic rings. The predicted molar refractivity (Wildman–Crippen MR) is 119 cm³/mol. The summed E-state index contributed by atoms with van der Waals surface area (Å²) in [7, 11) is -2.07. The van der Waals surface area contributed by atoms with E-state index in [-0.39, 0.29) is 45.1 Å². The number of benzene rings is 2. The average Bonchev–Trinajstić information content (AvgIpc) is 3.12. The summed E-state index contributed by atoms with van der Waals surface area (Å²) in [5.41, 5.74) is 0.764. The Bertz CT molecular complexity index is 1220. The summed E-state index contributed by atoms with van der Waals surface area (Å²) in [5, 5.41) is 6.65. The van der Waals surface area contributed by atoms with Gasteiger partial charge in [0.1, 0.15) is 22.8 Å². The molecule has 7 nitrogen and oxygen atoms in total. The monoisotopic (exact) mass is 479 g/mol. The third kappa shape index (κ3) is 4.69. The van der Waals surface area contributed by atoms with Crippen molar-refractivity contribution in [1.82, 2.24) is 14.8 Å². The highest BCUT2D eigenvalue weighted by atomic mass is 35.5. The van der Waals surface area contributed by atoms with E-state index < -0.39 is 21.7 Å². The zero-order valence-electron chi connectivity index (χ0n) is 18.0. The zero-order chi connectivity index (χ0) is 23.6. The van der Waals surface area contributed by atoms with Gasteiger partial charge in [-0.3, -0.25) is 4.79 Å². The normalized spacial score (nSPS) is 11.9. The molecule has 1 heterocycles. The smallest absolute Gasteiger partial charge is 0.257 e. The molecule has 1 N–H and O–H groups in total. The van der Waals surface area contributed by atoms with Crippen molar-refractivity contribution < 1.29 is 22.1 Å². The molecule has 0 saturated heterocycles. The third-order valence-corrected chi connectivity index (χ3v) is 7.43. The summed E-state index contributed by atoms with van der Waals surface area (Å²) >= 11 is 6.11. The summed E-state index contributed by atoms with van der Waals surface area (Å²) in [6.45, 7) is 5.24. The first-order valence-electron chi connectivity index (χ1n) is 9.80. The maximum absolute atomic E-state index is 14.3. The second-order valence-electron chi connectivity index (χ2n) is 7.50. The summed E-state index contributed by atoms with van der Waals surface area (Å²) < 4.78 is 45.9. The number of aromatic nitrogens is 1. The number of nitrogens with one attached hydrogen (secondary N) is 1. The highest BCUT2D eigenvalue weighted by molar-refractivity contribution is 7.89. The predicted octanol–water partition coefficient (Wildman–Crippen LogP) is 4.40. The van der Waals surface area contributed by atoms with Gasteiger partial charge in [0.15, 0.2) is 0 Å². The van der Waals surface area contributed by atoms with Gasteiger partial charge in [0.05, 0.1) is 15.5 Å². The van der Waals surface area contributed by atoms with Gasteiger partial charge in [0.2, 0.25) is 10.0 Å². The van der Waals surface area contributed by atoms with Crippen molar-refractivity contribution in [3.63, 3.8) is 0 Å². The van der Waals surface area contributed by atoms with Crippen molar-refractivity contribution in [2.45, 2.75) is 38.3 Å². The van der Waals surface area contributed by atoms with E-state index in [9.17, 15) is 17.6 Å². The van der Waals surface area contributed by atoms with Crippen molar-refractivity contribution in [3.05, 3.63) is 70.2 Å². The van der Waals surface area contributed by atoms with Gasteiger partial charge in [0, 0.05) is 19.6 Å². The Morgan fingerprint density at radius 2 is 1.88 bits per heavy atom. The van der Waals surface area contributed by atoms with E-state index in [0.717, 1.165) is 0 Å². The van der Waals surface area contributed by atoms with E-state index in [1.54, 1.807) is 32.9 Å². The number of sulfonamides is 1. The minimum atomic E-state index is -3.59. The molecule has 1 aromatic heterocycles. The fourth-order valence-corrected chi connectivity index (χ4v) is 4.65. The first-order chi connectivity index (χ1) is 15.0. The Labute approximate surface area is 191 Å². The van der Waals surface area contributed by atoms with Crippen LogP contribution in [0.25, 0.3) is 11.3 Å². The van der Waals surface area contributed by atoms with Crippen molar-refractivity contribution in [2.24, 2.45) is 0 Å². The molecular weight excluding hydrogens is 457 g/mol. The number of rotatable bonds is 7. The van der Waals surface area contributed by atoms with Crippen LogP contribution in [-0.4, -0.2) is 36.9 Å². The SMILES string of the molecule is Cc1onc(-c2c(F)cccc2Cl)c1C(=O)NCc1ccc(S(=O)(=O)N(C)C(C)C)cc1. The quantitative estimate of drug-likeness (QED) is 0.542. The molecule has 0 spiro atoms. The van der Waals surface area contributed by atoms with E-state index in [0.29, 0.717) is 5.56 Å². The van der Waals surface area contributed by atoms with Gasteiger partial charge >= 0.3 is 0 Å². The fourth-order valence-electron chi connectivity index (χ4n) is 3.03. The molecule has 2 aromatic carbocycles. The minimum absolute atomic E-state index is 0.0139. The molecule has 0 fully saturated rings. The number of hydrogen-bond donors (Lipinski definition) is 1. The largest absolute Gasteiger partial charge is 0.360 e. The Kier molecular flexibility index (Phi) is 7.02. The molecule has 0 bridgehead atoms. The molecule has 0 unspecified atom stereocenters. The standard InChI is InChI=1S/C22H23ClFN3O4S/c1-13(2)27(4)32(29,30)16-10-8-15(9-11-16)12-25-22(28)19-14(3)31-26-21(19)20-17(23)6-5-7-18(20)24/h5-11,13H,12H2,1-4H3,(H,25,28). The molecule has 0 aliphatic rings. The van der Waals surface area contributed by atoms with Crippen molar-refractivity contribution in [1.29, 1.82) is 0 Å². The number of hydrogen-bond acceptors (Lipinski definition) is 5. The highest BCUT2D eigenvalue weighted by Gasteiger charge is 2.26. The average molecular weight is 480 g/mol. The number of nitrogens with zero attached hydrogens (tertiary/aromatic N) is 2. The minimum Gasteiger partial charge on any atom is -0.360 e. The van der Waals surface area contributed by atoms with Crippen molar-refractivity contribution >= 4 is 27.5 Å². The van der Waals surface area contributed by atoms with Crippen LogP contribution in [0.2, 0.25) is 5.02 Å². The van der Waals surface area contributed by atoms with Crippen LogP contribution in [0.1, 0.15) is 35.5 Å². The Balaban J connectivity index is 1.79. The van der Waals surface area contributed by atoms with Crippen LogP contribution in [0.3, 0.4) is 0 Å². The van der Waals surface area contributed by atoms with E-state index in [1.807, 2.05) is 0 Å². The molecule has 1 amide bonds. The van der Waals surface area contributed by atoms with Crippen LogP contribution in [0.5, 0.6) is 0 Å². The Hall–Kier alpha value is -2.75. The van der Waals surface area contributed by atoms with Crippen LogP contribution >= 0.6 is 11.6 Å². The second kappa shape index (κ2) is 9.40. The van der Waals surface area contributed by atoms with Crippen LogP contribution in [0.15, 0.2) is 51.9 Å². The molecule has 0 saturated carbocycles. The maximum Gasteiger partial charge on any atom is 0.257 e. The molecule has 0 aliphatic heterocycles. The number of halogens is 2. The number of carbonyl (C=O) groups is 1. The van der Waals surface area contributed by atoms with Crippen LogP contribution in [-0.2, 0) is 16.6 Å². The number of aryl methyl sites for hydroxylation is 1. The van der Waals surface area contributed by atoms with Gasteiger partial charge in [0.25, 0.3) is 5.91 Å². The maximum atomic E-state index is 14.3. The molecule has 0 aliphatic carbocycles. The van der Waals surface area contributed by atoms with Crippen LogP contribution in [0, 0.1) is 12.7 Å². The molecule has 3 rings (SSSR count). The molecule has 32 heavy (non-hydrogen) atoms. The lowest BCUT2D eigenvalue weighted by Crippen LogP contribution is -2.33. The zero-order valence-corrected chi connectivity index (χ0v) is 19.6. The molecule has 0 atom stereocenters. The topological polar surface area (TPSA) is 92.5 Å². The van der Waals surface area contributed by atoms with Gasteiger partial charge in [-0.05, 0) is 50.6 Å². The fraction of sp³-hybridized carbons (Fsp3) is 0.273. The van der Waals surface area contributed by atoms with E-state index >= 15 is 0 Å². The lowest BCUT2D eigenvalue weighted by Gasteiger charge is -2.21. The lowest BCUT2D eigenvalue weighted by atomic mass is 10.0. The van der Waals surface area contributed by atoms with Crippen molar-refractivity contribution in [3.8, 4) is 11.3 Å². The van der Waals surface area contributed by atoms with Crippen LogP contribution in [0.4, 0.5) is 4.39 Å². The molecule has 170 valence electrons. The first-order valence-corrected chi connectivity index (χ1v) is 11.6. The number of carbonyl (C=O) groups excluding carboxylic acids is 1. The molecular formula is C22H23ClFN3O4S. The van der Waals surface area contributed by atoms with Gasteiger partial charge in [-0.15, -0.1) is 0 Å². The lowest BCUT2D eigenvalue weighted by molar-refractivity contribution is 0.0950. The van der Waals surface area contributed by atoms with Gasteiger partial charge in [-0.25, -0.2) is 12.8 Å². The second-order valence-corrected chi connectivity index (χ2v) is 9.91. The van der Waals surface area contributed by atoms with Crippen LogP contribution < -0.4 is 5.32 Å². The van der Waals surface area contributed by atoms with E-state index in [2.05, 4.69) is 10.5 Å². The summed E-state index contributed by atoms with van der Waals surface area (Å²) in [6, 6.07) is 10.2. The molecule has 10 heteroatoms. The van der Waals surface area contributed by atoms with Gasteiger partial charge < -0.3 is 9.84 Å². The molecule has 0 radical (unpaired) electrons. The Morgan fingerprint density at radius 3 is 2.47 bits per heavy atom. The van der Waals surface area contributed by atoms with E-state index in [1.165, 1.54) is 41.7 Å². The van der Waals surface area contributed by atoms with E-state index in [4.69, 9.17) is 16.1 Å². The number of amides is 1. The first kappa shape index (κ1) is 23.9.